The Morgan fingerprint density at radius 1 is 1.26 bits per heavy atom. The molecule has 0 fully saturated rings. The van der Waals surface area contributed by atoms with Gasteiger partial charge in [0.05, 0.1) is 30.5 Å². The minimum atomic E-state index is -1.21. The first kappa shape index (κ1) is 22.1. The zero-order chi connectivity index (χ0) is 22.2. The van der Waals surface area contributed by atoms with Gasteiger partial charge in [0.15, 0.2) is 0 Å². The standard InChI is InChI=1S/C22H21FN4O4/c1-30-7-8-31-22(29)25-18-4-2-3-15(10-18)12-20-21(28)5-6-27(26-20)19-11-16(14-24)9-17(23)13-19/h2-6,9-11,13,22,25,29H,7-8,12H2,1H3. The van der Waals surface area contributed by atoms with Gasteiger partial charge in [-0.3, -0.25) is 4.79 Å². The largest absolute Gasteiger partial charge is 0.382 e. The Kier molecular flexibility index (Phi) is 7.45. The van der Waals surface area contributed by atoms with E-state index in [2.05, 4.69) is 10.4 Å². The number of nitriles is 1. The molecule has 31 heavy (non-hydrogen) atoms. The maximum atomic E-state index is 13.8. The summed E-state index contributed by atoms with van der Waals surface area (Å²) in [5.74, 6) is -0.568. The third kappa shape index (κ3) is 6.20. The smallest absolute Gasteiger partial charge is 0.235 e. The van der Waals surface area contributed by atoms with Crippen molar-refractivity contribution in [3.8, 4) is 11.8 Å². The summed E-state index contributed by atoms with van der Waals surface area (Å²) in [4.78, 5) is 12.3. The van der Waals surface area contributed by atoms with Gasteiger partial charge in [-0.05, 0) is 35.9 Å². The van der Waals surface area contributed by atoms with Crippen molar-refractivity contribution in [1.29, 1.82) is 5.26 Å². The van der Waals surface area contributed by atoms with Gasteiger partial charge in [-0.2, -0.15) is 10.4 Å². The van der Waals surface area contributed by atoms with E-state index in [4.69, 9.17) is 14.7 Å². The van der Waals surface area contributed by atoms with Crippen LogP contribution in [-0.2, 0) is 15.9 Å². The molecule has 0 saturated heterocycles. The van der Waals surface area contributed by atoms with Gasteiger partial charge in [0.2, 0.25) is 11.8 Å². The minimum absolute atomic E-state index is 0.155. The van der Waals surface area contributed by atoms with Crippen LogP contribution in [0, 0.1) is 17.1 Å². The van der Waals surface area contributed by atoms with E-state index in [9.17, 15) is 14.3 Å². The average molecular weight is 424 g/mol. The van der Waals surface area contributed by atoms with E-state index in [-0.39, 0.29) is 29.7 Å². The summed E-state index contributed by atoms with van der Waals surface area (Å²) >= 11 is 0. The first-order chi connectivity index (χ1) is 15.0. The van der Waals surface area contributed by atoms with Crippen LogP contribution in [0.15, 0.2) is 59.5 Å². The summed E-state index contributed by atoms with van der Waals surface area (Å²) in [7, 11) is 1.54. The van der Waals surface area contributed by atoms with E-state index < -0.39 is 12.2 Å². The molecule has 1 heterocycles. The Balaban J connectivity index is 1.79. The Morgan fingerprint density at radius 2 is 2.10 bits per heavy atom. The number of hydrogen-bond donors (Lipinski definition) is 2. The van der Waals surface area contributed by atoms with Crippen LogP contribution in [0.25, 0.3) is 5.69 Å². The molecule has 160 valence electrons. The first-order valence-corrected chi connectivity index (χ1v) is 9.42. The van der Waals surface area contributed by atoms with Crippen molar-refractivity contribution in [2.75, 3.05) is 25.6 Å². The van der Waals surface area contributed by atoms with Crippen LogP contribution >= 0.6 is 0 Å². The van der Waals surface area contributed by atoms with Crippen LogP contribution in [0.5, 0.6) is 0 Å². The number of methoxy groups -OCH3 is 1. The van der Waals surface area contributed by atoms with E-state index in [0.29, 0.717) is 18.0 Å². The number of anilines is 1. The lowest BCUT2D eigenvalue weighted by Gasteiger charge is -2.15. The molecule has 1 atom stereocenters. The quantitative estimate of drug-likeness (QED) is 0.400. The van der Waals surface area contributed by atoms with Crippen molar-refractivity contribution in [3.63, 3.8) is 0 Å². The lowest BCUT2D eigenvalue weighted by atomic mass is 10.1. The molecule has 0 saturated carbocycles. The summed E-state index contributed by atoms with van der Waals surface area (Å²) in [5.41, 5.74) is 1.84. The molecule has 2 aromatic carbocycles. The van der Waals surface area contributed by atoms with Crippen molar-refractivity contribution < 1.29 is 19.0 Å². The predicted octanol–water partition coefficient (Wildman–Crippen LogP) is 2.18. The number of nitrogens with one attached hydrogen (secondary N) is 1. The molecule has 0 aliphatic heterocycles. The minimum Gasteiger partial charge on any atom is -0.382 e. The zero-order valence-corrected chi connectivity index (χ0v) is 16.8. The number of aliphatic hydroxyl groups excluding tert-OH is 1. The highest BCUT2D eigenvalue weighted by Gasteiger charge is 2.09. The Morgan fingerprint density at radius 3 is 2.87 bits per heavy atom. The Hall–Kier alpha value is -3.58. The van der Waals surface area contributed by atoms with Gasteiger partial charge in [0.1, 0.15) is 11.5 Å². The molecule has 3 aromatic rings. The second-order valence-electron chi connectivity index (χ2n) is 6.62. The molecule has 9 heteroatoms. The van der Waals surface area contributed by atoms with Crippen LogP contribution in [0.2, 0.25) is 0 Å². The second kappa shape index (κ2) is 10.4. The molecular formula is C22H21FN4O4. The summed E-state index contributed by atoms with van der Waals surface area (Å²) in [5, 5.41) is 26.0. The molecule has 0 aliphatic carbocycles. The number of aliphatic hydroxyl groups is 1. The average Bonchev–Trinajstić information content (AvgIpc) is 2.75. The van der Waals surface area contributed by atoms with E-state index in [1.807, 2.05) is 12.1 Å². The molecular weight excluding hydrogens is 403 g/mol. The Labute approximate surface area is 178 Å². The molecule has 8 nitrogen and oxygen atoms in total. The van der Waals surface area contributed by atoms with E-state index in [1.54, 1.807) is 18.2 Å². The topological polar surface area (TPSA) is 109 Å². The number of ether oxygens (including phenoxy) is 2. The number of nitrogens with zero attached hydrogens (tertiary/aromatic N) is 3. The van der Waals surface area contributed by atoms with Gasteiger partial charge in [-0.25, -0.2) is 9.07 Å². The molecule has 3 rings (SSSR count). The van der Waals surface area contributed by atoms with E-state index in [1.165, 1.54) is 36.2 Å². The van der Waals surface area contributed by atoms with Crippen LogP contribution < -0.4 is 10.7 Å². The summed E-state index contributed by atoms with van der Waals surface area (Å²) in [6.07, 6.45) is 0.434. The second-order valence-corrected chi connectivity index (χ2v) is 6.62. The molecule has 0 aliphatic rings. The molecule has 0 amide bonds. The normalized spacial score (nSPS) is 11.7. The highest BCUT2D eigenvalue weighted by molar-refractivity contribution is 5.46. The third-order valence-corrected chi connectivity index (χ3v) is 4.31. The van der Waals surface area contributed by atoms with Crippen molar-refractivity contribution in [2.24, 2.45) is 0 Å². The van der Waals surface area contributed by atoms with Gasteiger partial charge in [-0.15, -0.1) is 0 Å². The summed E-state index contributed by atoms with van der Waals surface area (Å²) in [6, 6.07) is 14.2. The van der Waals surface area contributed by atoms with E-state index in [0.717, 1.165) is 11.6 Å². The van der Waals surface area contributed by atoms with Gasteiger partial charge in [0.25, 0.3) is 0 Å². The molecule has 0 bridgehead atoms. The van der Waals surface area contributed by atoms with Crippen molar-refractivity contribution >= 4 is 5.69 Å². The lowest BCUT2D eigenvalue weighted by molar-refractivity contribution is -0.0899. The summed E-state index contributed by atoms with van der Waals surface area (Å²) < 4.78 is 25.2. The summed E-state index contributed by atoms with van der Waals surface area (Å²) in [6.45, 7) is 0.581. The third-order valence-electron chi connectivity index (χ3n) is 4.31. The molecule has 1 unspecified atom stereocenters. The number of halogens is 1. The van der Waals surface area contributed by atoms with Crippen molar-refractivity contribution in [1.82, 2.24) is 9.78 Å². The lowest BCUT2D eigenvalue weighted by Crippen LogP contribution is -2.24. The number of aromatic nitrogens is 2. The van der Waals surface area contributed by atoms with Gasteiger partial charge in [0, 0.05) is 31.5 Å². The molecule has 2 N–H and O–H groups in total. The fourth-order valence-electron chi connectivity index (χ4n) is 2.88. The predicted molar refractivity (Wildman–Crippen MR) is 111 cm³/mol. The highest BCUT2D eigenvalue weighted by atomic mass is 19.1. The fourth-order valence-corrected chi connectivity index (χ4v) is 2.88. The van der Waals surface area contributed by atoms with Gasteiger partial charge < -0.3 is 19.9 Å². The Bertz CT molecular complexity index is 1140. The van der Waals surface area contributed by atoms with Crippen molar-refractivity contribution in [2.45, 2.75) is 12.8 Å². The molecule has 1 aromatic heterocycles. The van der Waals surface area contributed by atoms with E-state index >= 15 is 0 Å². The maximum Gasteiger partial charge on any atom is 0.235 e. The number of rotatable bonds is 9. The number of hydrogen-bond acceptors (Lipinski definition) is 7. The van der Waals surface area contributed by atoms with Crippen molar-refractivity contribution in [3.05, 3.63) is 87.6 Å². The monoisotopic (exact) mass is 424 g/mol. The first-order valence-electron chi connectivity index (χ1n) is 9.42. The van der Waals surface area contributed by atoms with Gasteiger partial charge in [-0.1, -0.05) is 12.1 Å². The van der Waals surface area contributed by atoms with Gasteiger partial charge >= 0.3 is 0 Å². The van der Waals surface area contributed by atoms with Crippen LogP contribution in [0.4, 0.5) is 10.1 Å². The molecule has 0 radical (unpaired) electrons. The van der Waals surface area contributed by atoms with Crippen LogP contribution in [-0.4, -0.2) is 41.6 Å². The fraction of sp³-hybridized carbons (Fsp3) is 0.227. The van der Waals surface area contributed by atoms with Crippen LogP contribution in [0.3, 0.4) is 0 Å². The molecule has 0 spiro atoms. The maximum absolute atomic E-state index is 13.8. The number of benzene rings is 2. The highest BCUT2D eigenvalue weighted by Crippen LogP contribution is 2.15. The van der Waals surface area contributed by atoms with Crippen LogP contribution in [0.1, 0.15) is 16.8 Å². The zero-order valence-electron chi connectivity index (χ0n) is 16.8. The SMILES string of the molecule is COCCOC(O)Nc1cccc(Cc2nn(-c3cc(F)cc(C#N)c3)ccc2=O)c1.